The predicted octanol–water partition coefficient (Wildman–Crippen LogP) is 2.46. The number of carbonyl (C=O) groups excluding carboxylic acids is 1. The molecule has 0 spiro atoms. The van der Waals surface area contributed by atoms with Gasteiger partial charge in [-0.15, -0.1) is 11.3 Å². The summed E-state index contributed by atoms with van der Waals surface area (Å²) in [5.41, 5.74) is 7.96. The number of nitrogens with two attached hydrogens (primary N) is 1. The Balaban J connectivity index is 2.24. The molecule has 16 heavy (non-hydrogen) atoms. The van der Waals surface area contributed by atoms with Crippen molar-refractivity contribution in [1.29, 1.82) is 0 Å². The quantitative estimate of drug-likeness (QED) is 0.653. The van der Waals surface area contributed by atoms with Gasteiger partial charge in [-0.1, -0.05) is 12.1 Å². The molecule has 0 aliphatic heterocycles. The number of benzene rings is 1. The molecular formula is C12H12N2OS. The van der Waals surface area contributed by atoms with E-state index in [0.29, 0.717) is 17.7 Å². The number of thiazole rings is 1. The number of carbonyl (C=O) groups is 1. The van der Waals surface area contributed by atoms with E-state index < -0.39 is 0 Å². The standard InChI is InChI=1S/C12H12N2OS/c1-8-9(3-2-4-10(8)13)11(15)7-12-14-5-6-16-12/h2-6H,7,13H2,1H3. The molecule has 0 aliphatic rings. The maximum atomic E-state index is 12.0. The molecule has 0 fully saturated rings. The summed E-state index contributed by atoms with van der Waals surface area (Å²) in [4.78, 5) is 16.1. The highest BCUT2D eigenvalue weighted by molar-refractivity contribution is 7.09. The van der Waals surface area contributed by atoms with Crippen LogP contribution in [0.5, 0.6) is 0 Å². The van der Waals surface area contributed by atoms with Crippen LogP contribution >= 0.6 is 11.3 Å². The van der Waals surface area contributed by atoms with E-state index in [4.69, 9.17) is 5.73 Å². The number of nitrogen functional groups attached to an aromatic ring is 1. The molecule has 1 heterocycles. The van der Waals surface area contributed by atoms with Gasteiger partial charge in [0.25, 0.3) is 0 Å². The third kappa shape index (κ3) is 2.12. The topological polar surface area (TPSA) is 56.0 Å². The highest BCUT2D eigenvalue weighted by Crippen LogP contribution is 2.18. The van der Waals surface area contributed by atoms with Crippen molar-refractivity contribution in [3.8, 4) is 0 Å². The van der Waals surface area contributed by atoms with Gasteiger partial charge in [-0.3, -0.25) is 4.79 Å². The summed E-state index contributed by atoms with van der Waals surface area (Å²) in [5.74, 6) is 0.0692. The molecule has 0 radical (unpaired) electrons. The summed E-state index contributed by atoms with van der Waals surface area (Å²) in [6.07, 6.45) is 2.06. The number of nitrogens with zero attached hydrogens (tertiary/aromatic N) is 1. The SMILES string of the molecule is Cc1c(N)cccc1C(=O)Cc1nccs1. The smallest absolute Gasteiger partial charge is 0.170 e. The molecule has 3 nitrogen and oxygen atoms in total. The fraction of sp³-hybridized carbons (Fsp3) is 0.167. The normalized spacial score (nSPS) is 10.3. The Morgan fingerprint density at radius 2 is 2.31 bits per heavy atom. The molecule has 4 heteroatoms. The summed E-state index contributed by atoms with van der Waals surface area (Å²) in [6.45, 7) is 1.87. The largest absolute Gasteiger partial charge is 0.398 e. The Bertz CT molecular complexity index is 506. The minimum atomic E-state index is 0.0692. The Labute approximate surface area is 97.9 Å². The lowest BCUT2D eigenvalue weighted by atomic mass is 10.0. The lowest BCUT2D eigenvalue weighted by Crippen LogP contribution is -2.06. The van der Waals surface area contributed by atoms with Crippen LogP contribution in [0.2, 0.25) is 0 Å². The first-order valence-corrected chi connectivity index (χ1v) is 5.83. The zero-order valence-electron chi connectivity index (χ0n) is 8.93. The average Bonchev–Trinajstić information content (AvgIpc) is 2.74. The fourth-order valence-electron chi connectivity index (χ4n) is 1.53. The van der Waals surface area contributed by atoms with Crippen molar-refractivity contribution in [2.75, 3.05) is 5.73 Å². The van der Waals surface area contributed by atoms with Gasteiger partial charge in [0, 0.05) is 22.8 Å². The number of aromatic nitrogens is 1. The molecule has 82 valence electrons. The predicted molar refractivity (Wildman–Crippen MR) is 65.7 cm³/mol. The minimum Gasteiger partial charge on any atom is -0.398 e. The summed E-state index contributed by atoms with van der Waals surface area (Å²) >= 11 is 1.49. The molecule has 0 atom stereocenters. The van der Waals surface area contributed by atoms with Gasteiger partial charge in [0.2, 0.25) is 0 Å². The first-order valence-electron chi connectivity index (χ1n) is 4.95. The number of rotatable bonds is 3. The van der Waals surface area contributed by atoms with E-state index in [0.717, 1.165) is 10.6 Å². The van der Waals surface area contributed by atoms with Gasteiger partial charge in [0.1, 0.15) is 5.01 Å². The first-order chi connectivity index (χ1) is 7.68. The van der Waals surface area contributed by atoms with Crippen molar-refractivity contribution >= 4 is 22.8 Å². The summed E-state index contributed by atoms with van der Waals surface area (Å²) in [5, 5.41) is 2.71. The van der Waals surface area contributed by atoms with Crippen LogP contribution in [0.25, 0.3) is 0 Å². The molecule has 0 bridgehead atoms. The van der Waals surface area contributed by atoms with Crippen LogP contribution in [-0.2, 0) is 6.42 Å². The van der Waals surface area contributed by atoms with Crippen LogP contribution < -0.4 is 5.73 Å². The van der Waals surface area contributed by atoms with E-state index >= 15 is 0 Å². The molecule has 2 rings (SSSR count). The van der Waals surface area contributed by atoms with E-state index in [9.17, 15) is 4.79 Å². The molecule has 0 saturated heterocycles. The third-order valence-electron chi connectivity index (χ3n) is 2.47. The maximum absolute atomic E-state index is 12.0. The van der Waals surface area contributed by atoms with Crippen molar-refractivity contribution < 1.29 is 4.79 Å². The number of hydrogen-bond donors (Lipinski definition) is 1. The molecular weight excluding hydrogens is 220 g/mol. The Hall–Kier alpha value is -1.68. The Morgan fingerprint density at radius 3 is 3.00 bits per heavy atom. The molecule has 1 aromatic carbocycles. The maximum Gasteiger partial charge on any atom is 0.170 e. The summed E-state index contributed by atoms with van der Waals surface area (Å²) in [6, 6.07) is 5.41. The zero-order valence-corrected chi connectivity index (χ0v) is 9.75. The number of anilines is 1. The molecule has 0 aliphatic carbocycles. The Kier molecular flexibility index (Phi) is 3.01. The monoisotopic (exact) mass is 232 g/mol. The molecule has 0 amide bonds. The average molecular weight is 232 g/mol. The molecule has 1 aromatic heterocycles. The van der Waals surface area contributed by atoms with E-state index in [1.807, 2.05) is 18.4 Å². The van der Waals surface area contributed by atoms with Crippen LogP contribution in [0, 0.1) is 6.92 Å². The van der Waals surface area contributed by atoms with Crippen molar-refractivity contribution in [1.82, 2.24) is 4.98 Å². The summed E-state index contributed by atoms with van der Waals surface area (Å²) in [7, 11) is 0. The van der Waals surface area contributed by atoms with Gasteiger partial charge in [-0.2, -0.15) is 0 Å². The van der Waals surface area contributed by atoms with Crippen molar-refractivity contribution in [2.24, 2.45) is 0 Å². The second kappa shape index (κ2) is 4.45. The fourth-order valence-corrected chi connectivity index (χ4v) is 2.14. The van der Waals surface area contributed by atoms with E-state index in [2.05, 4.69) is 4.98 Å². The first kappa shape index (κ1) is 10.8. The van der Waals surface area contributed by atoms with Crippen LogP contribution in [-0.4, -0.2) is 10.8 Å². The highest BCUT2D eigenvalue weighted by atomic mass is 32.1. The van der Waals surface area contributed by atoms with Crippen molar-refractivity contribution in [3.63, 3.8) is 0 Å². The van der Waals surface area contributed by atoms with Crippen LogP contribution in [0.15, 0.2) is 29.8 Å². The molecule has 0 saturated carbocycles. The highest BCUT2D eigenvalue weighted by Gasteiger charge is 2.12. The van der Waals surface area contributed by atoms with Gasteiger partial charge >= 0.3 is 0 Å². The zero-order chi connectivity index (χ0) is 11.5. The van der Waals surface area contributed by atoms with Crippen LogP contribution in [0.4, 0.5) is 5.69 Å². The number of hydrogen-bond acceptors (Lipinski definition) is 4. The van der Waals surface area contributed by atoms with Crippen molar-refractivity contribution in [3.05, 3.63) is 45.9 Å². The van der Waals surface area contributed by atoms with Crippen LogP contribution in [0.1, 0.15) is 20.9 Å². The van der Waals surface area contributed by atoms with Gasteiger partial charge in [-0.05, 0) is 18.6 Å². The van der Waals surface area contributed by atoms with Gasteiger partial charge in [0.15, 0.2) is 5.78 Å². The second-order valence-corrected chi connectivity index (χ2v) is 4.52. The van der Waals surface area contributed by atoms with Gasteiger partial charge in [0.05, 0.1) is 6.42 Å². The minimum absolute atomic E-state index is 0.0692. The number of ketones is 1. The van der Waals surface area contributed by atoms with E-state index in [1.165, 1.54) is 11.3 Å². The lowest BCUT2D eigenvalue weighted by Gasteiger charge is -2.06. The van der Waals surface area contributed by atoms with Gasteiger partial charge < -0.3 is 5.73 Å². The summed E-state index contributed by atoms with van der Waals surface area (Å²) < 4.78 is 0. The molecule has 0 unspecified atom stereocenters. The number of Topliss-reactive ketones (excluding diaryl/α,β-unsaturated/α-hetero) is 1. The Morgan fingerprint density at radius 1 is 1.50 bits per heavy atom. The van der Waals surface area contributed by atoms with Crippen molar-refractivity contribution in [2.45, 2.75) is 13.3 Å². The molecule has 2 aromatic rings. The van der Waals surface area contributed by atoms with Crippen LogP contribution in [0.3, 0.4) is 0 Å². The van der Waals surface area contributed by atoms with E-state index in [1.54, 1.807) is 18.3 Å². The lowest BCUT2D eigenvalue weighted by molar-refractivity contribution is 0.0992. The van der Waals surface area contributed by atoms with E-state index in [-0.39, 0.29) is 5.78 Å². The third-order valence-corrected chi connectivity index (χ3v) is 3.25. The molecule has 2 N–H and O–H groups in total. The second-order valence-electron chi connectivity index (χ2n) is 3.55. The van der Waals surface area contributed by atoms with Gasteiger partial charge in [-0.25, -0.2) is 4.98 Å².